The minimum absolute atomic E-state index is 0.179. The maximum absolute atomic E-state index is 13.3. The number of nitrogens with one attached hydrogen (secondary N) is 1. The number of benzene rings is 1. The van der Waals surface area contributed by atoms with Gasteiger partial charge in [-0.1, -0.05) is 18.3 Å². The van der Waals surface area contributed by atoms with E-state index in [-0.39, 0.29) is 10.6 Å². The molecule has 0 unspecified atom stereocenters. The number of nitrogens with two attached hydrogens (primary N) is 1. The topological polar surface area (TPSA) is 55.1 Å². The lowest BCUT2D eigenvalue weighted by Crippen LogP contribution is -2.52. The predicted molar refractivity (Wildman–Crippen MR) is 69.5 cm³/mol. The van der Waals surface area contributed by atoms with Crippen LogP contribution in [-0.2, 0) is 0 Å². The molecule has 3 nitrogen and oxygen atoms in total. The molecule has 0 aliphatic carbocycles. The molecule has 92 valence electrons. The molecule has 1 aromatic rings. The maximum atomic E-state index is 13.3. The first-order chi connectivity index (χ1) is 7.74. The smallest absolute Gasteiger partial charge is 0.252 e. The summed E-state index contributed by atoms with van der Waals surface area (Å²) in [7, 11) is 0. The van der Waals surface area contributed by atoms with E-state index in [1.807, 2.05) is 0 Å². The van der Waals surface area contributed by atoms with E-state index in [0.717, 1.165) is 0 Å². The lowest BCUT2D eigenvalue weighted by Gasteiger charge is -2.24. The van der Waals surface area contributed by atoms with Gasteiger partial charge in [0.05, 0.1) is 10.5 Å². The Morgan fingerprint density at radius 1 is 1.47 bits per heavy atom. The Morgan fingerprint density at radius 2 is 2.06 bits per heavy atom. The summed E-state index contributed by atoms with van der Waals surface area (Å²) >= 11 is 4.84. The molecule has 1 amide bonds. The molecule has 0 heterocycles. The average molecular weight is 254 g/mol. The monoisotopic (exact) mass is 254 g/mol. The molecule has 0 aliphatic rings. The molecular weight excluding hydrogens is 239 g/mol. The molecule has 1 rings (SSSR count). The SMILES string of the molecule is Cc1ccc(C(=O)NC(C)(C)C(N)=S)cc1F. The van der Waals surface area contributed by atoms with E-state index in [1.165, 1.54) is 6.07 Å². The van der Waals surface area contributed by atoms with Crippen molar-refractivity contribution in [3.63, 3.8) is 0 Å². The van der Waals surface area contributed by atoms with E-state index < -0.39 is 17.3 Å². The van der Waals surface area contributed by atoms with Gasteiger partial charge in [-0.05, 0) is 38.5 Å². The van der Waals surface area contributed by atoms with Gasteiger partial charge < -0.3 is 11.1 Å². The number of carbonyl (C=O) groups excluding carboxylic acids is 1. The van der Waals surface area contributed by atoms with Crippen LogP contribution in [0.3, 0.4) is 0 Å². The second-order valence-corrected chi connectivity index (χ2v) is 4.85. The zero-order chi connectivity index (χ0) is 13.2. The van der Waals surface area contributed by atoms with Gasteiger partial charge in [0, 0.05) is 5.56 Å². The van der Waals surface area contributed by atoms with Crippen molar-refractivity contribution in [1.29, 1.82) is 0 Å². The summed E-state index contributed by atoms with van der Waals surface area (Å²) in [5.74, 6) is -0.813. The fourth-order valence-corrected chi connectivity index (χ4v) is 1.20. The number of aryl methyl sites for hydroxylation is 1. The number of hydrogen-bond acceptors (Lipinski definition) is 2. The summed E-state index contributed by atoms with van der Waals surface area (Å²) in [6, 6.07) is 4.31. The van der Waals surface area contributed by atoms with Crippen LogP contribution in [0.5, 0.6) is 0 Å². The molecule has 0 radical (unpaired) electrons. The largest absolute Gasteiger partial charge is 0.391 e. The predicted octanol–water partition coefficient (Wildman–Crippen LogP) is 1.93. The van der Waals surface area contributed by atoms with Gasteiger partial charge in [-0.25, -0.2) is 4.39 Å². The van der Waals surface area contributed by atoms with Gasteiger partial charge in [-0.15, -0.1) is 0 Å². The van der Waals surface area contributed by atoms with Gasteiger partial charge in [0.15, 0.2) is 0 Å². The summed E-state index contributed by atoms with van der Waals surface area (Å²) in [5.41, 5.74) is 5.44. The van der Waals surface area contributed by atoms with E-state index in [1.54, 1.807) is 32.9 Å². The Bertz CT molecular complexity index is 472. The van der Waals surface area contributed by atoms with Crippen molar-refractivity contribution >= 4 is 23.1 Å². The van der Waals surface area contributed by atoms with Crippen LogP contribution in [-0.4, -0.2) is 16.4 Å². The standard InChI is InChI=1S/C12H15FN2OS/c1-7-4-5-8(6-9(7)13)10(16)15-12(2,3)11(14)17/h4-6H,1-3H3,(H2,14,17)(H,15,16). The lowest BCUT2D eigenvalue weighted by atomic mass is 10.0. The molecule has 0 saturated carbocycles. The number of rotatable bonds is 3. The van der Waals surface area contributed by atoms with Crippen LogP contribution >= 0.6 is 12.2 Å². The Labute approximate surface area is 105 Å². The Morgan fingerprint density at radius 3 is 2.53 bits per heavy atom. The summed E-state index contributed by atoms with van der Waals surface area (Å²) in [6.07, 6.45) is 0. The first-order valence-electron chi connectivity index (χ1n) is 5.12. The molecule has 0 aromatic heterocycles. The summed E-state index contributed by atoms with van der Waals surface area (Å²) in [4.78, 5) is 12.0. The zero-order valence-electron chi connectivity index (χ0n) is 10.0. The highest BCUT2D eigenvalue weighted by atomic mass is 32.1. The van der Waals surface area contributed by atoms with Crippen LogP contribution in [0.1, 0.15) is 29.8 Å². The minimum atomic E-state index is -0.798. The fourth-order valence-electron chi connectivity index (χ4n) is 1.15. The number of thiocarbonyl (C=S) groups is 1. The number of carbonyl (C=O) groups is 1. The van der Waals surface area contributed by atoms with Crippen molar-refractivity contribution in [1.82, 2.24) is 5.32 Å². The Balaban J connectivity index is 2.91. The number of amides is 1. The fraction of sp³-hybridized carbons (Fsp3) is 0.333. The van der Waals surface area contributed by atoms with Gasteiger partial charge in [0.1, 0.15) is 5.82 Å². The number of halogens is 1. The second-order valence-electron chi connectivity index (χ2n) is 4.41. The molecular formula is C12H15FN2OS. The first kappa shape index (κ1) is 13.6. The molecule has 5 heteroatoms. The quantitative estimate of drug-likeness (QED) is 0.810. The minimum Gasteiger partial charge on any atom is -0.391 e. The molecule has 0 bridgehead atoms. The van der Waals surface area contributed by atoms with Crippen molar-refractivity contribution in [2.75, 3.05) is 0 Å². The second kappa shape index (κ2) is 4.79. The third-order valence-corrected chi connectivity index (χ3v) is 2.99. The van der Waals surface area contributed by atoms with Gasteiger partial charge in [0.25, 0.3) is 5.91 Å². The maximum Gasteiger partial charge on any atom is 0.252 e. The van der Waals surface area contributed by atoms with Gasteiger partial charge >= 0.3 is 0 Å². The van der Waals surface area contributed by atoms with Crippen molar-refractivity contribution in [2.45, 2.75) is 26.3 Å². The van der Waals surface area contributed by atoms with Crippen LogP contribution in [0.2, 0.25) is 0 Å². The normalized spacial score (nSPS) is 11.1. The zero-order valence-corrected chi connectivity index (χ0v) is 10.8. The van der Waals surface area contributed by atoms with E-state index in [2.05, 4.69) is 5.32 Å². The molecule has 0 spiro atoms. The Kier molecular flexibility index (Phi) is 3.83. The molecule has 17 heavy (non-hydrogen) atoms. The van der Waals surface area contributed by atoms with E-state index in [9.17, 15) is 9.18 Å². The summed E-state index contributed by atoms with van der Waals surface area (Å²) < 4.78 is 13.3. The lowest BCUT2D eigenvalue weighted by molar-refractivity contribution is 0.0932. The summed E-state index contributed by atoms with van der Waals surface area (Å²) in [5, 5.41) is 2.65. The third kappa shape index (κ3) is 3.23. The average Bonchev–Trinajstić information content (AvgIpc) is 2.21. The van der Waals surface area contributed by atoms with Crippen molar-refractivity contribution < 1.29 is 9.18 Å². The molecule has 0 saturated heterocycles. The highest BCUT2D eigenvalue weighted by Crippen LogP contribution is 2.11. The highest BCUT2D eigenvalue weighted by Gasteiger charge is 2.24. The molecule has 0 fully saturated rings. The molecule has 1 aromatic carbocycles. The van der Waals surface area contributed by atoms with Crippen LogP contribution in [0.15, 0.2) is 18.2 Å². The van der Waals surface area contributed by atoms with Gasteiger partial charge in [0.2, 0.25) is 0 Å². The molecule has 3 N–H and O–H groups in total. The van der Waals surface area contributed by atoms with Gasteiger partial charge in [-0.2, -0.15) is 0 Å². The van der Waals surface area contributed by atoms with Crippen molar-refractivity contribution in [2.24, 2.45) is 5.73 Å². The van der Waals surface area contributed by atoms with Gasteiger partial charge in [-0.3, -0.25) is 4.79 Å². The van der Waals surface area contributed by atoms with Crippen LogP contribution < -0.4 is 11.1 Å². The summed E-state index contributed by atoms with van der Waals surface area (Å²) in [6.45, 7) is 5.02. The highest BCUT2D eigenvalue weighted by molar-refractivity contribution is 7.80. The van der Waals surface area contributed by atoms with Crippen molar-refractivity contribution in [3.8, 4) is 0 Å². The van der Waals surface area contributed by atoms with Crippen LogP contribution in [0, 0.1) is 12.7 Å². The van der Waals surface area contributed by atoms with E-state index in [0.29, 0.717) is 5.56 Å². The Hall–Kier alpha value is -1.49. The molecule has 0 atom stereocenters. The van der Waals surface area contributed by atoms with Crippen molar-refractivity contribution in [3.05, 3.63) is 35.1 Å². The molecule has 0 aliphatic heterocycles. The van der Waals surface area contributed by atoms with E-state index in [4.69, 9.17) is 18.0 Å². The van der Waals surface area contributed by atoms with E-state index >= 15 is 0 Å². The first-order valence-corrected chi connectivity index (χ1v) is 5.53. The third-order valence-electron chi connectivity index (χ3n) is 2.48. The van der Waals surface area contributed by atoms with Crippen LogP contribution in [0.4, 0.5) is 4.39 Å². The van der Waals surface area contributed by atoms with Crippen LogP contribution in [0.25, 0.3) is 0 Å². The number of hydrogen-bond donors (Lipinski definition) is 2.